The Balaban J connectivity index is 4.34. The third kappa shape index (κ3) is 63.7. The van der Waals surface area contributed by atoms with Crippen LogP contribution in [0.5, 0.6) is 0 Å². The van der Waals surface area contributed by atoms with Crippen molar-refractivity contribution in [1.82, 2.24) is 0 Å². The van der Waals surface area contributed by atoms with E-state index in [4.69, 9.17) is 14.2 Å². The van der Waals surface area contributed by atoms with Gasteiger partial charge in [0, 0.05) is 19.3 Å². The number of hydrogen-bond donors (Lipinski definition) is 0. The van der Waals surface area contributed by atoms with Crippen LogP contribution in [0.1, 0.15) is 265 Å². The van der Waals surface area contributed by atoms with Crippen LogP contribution >= 0.6 is 0 Å². The molecule has 0 rings (SSSR count). The fourth-order valence-corrected chi connectivity index (χ4v) is 8.33. The Kier molecular flexibility index (Phi) is 61.4. The third-order valence-corrected chi connectivity index (χ3v) is 13.0. The van der Waals surface area contributed by atoms with Gasteiger partial charge in [0.05, 0.1) is 0 Å². The molecule has 0 saturated heterocycles. The molecule has 0 fully saturated rings. The van der Waals surface area contributed by atoms with E-state index < -0.39 is 6.10 Å². The van der Waals surface area contributed by atoms with E-state index in [1.807, 2.05) is 0 Å². The summed E-state index contributed by atoms with van der Waals surface area (Å²) in [6, 6.07) is 0. The zero-order valence-corrected chi connectivity index (χ0v) is 50.8. The van der Waals surface area contributed by atoms with Gasteiger partial charge in [-0.15, -0.1) is 0 Å². The van der Waals surface area contributed by atoms with Crippen LogP contribution in [-0.4, -0.2) is 37.2 Å². The van der Waals surface area contributed by atoms with Crippen LogP contribution < -0.4 is 0 Å². The number of carbonyl (C=O) groups is 3. The fraction of sp³-hybridized carbons (Fsp3) is 0.603. The van der Waals surface area contributed by atoms with Crippen molar-refractivity contribution < 1.29 is 28.6 Å². The summed E-state index contributed by atoms with van der Waals surface area (Å²) in [5.74, 6) is -0.943. The molecule has 0 aromatic heterocycles. The van der Waals surface area contributed by atoms with Gasteiger partial charge in [0.1, 0.15) is 13.2 Å². The smallest absolute Gasteiger partial charge is 0.306 e. The molecule has 1 unspecified atom stereocenters. The first-order chi connectivity index (χ1) is 39.0. The topological polar surface area (TPSA) is 78.9 Å². The van der Waals surface area contributed by atoms with Crippen molar-refractivity contribution in [3.8, 4) is 0 Å². The van der Waals surface area contributed by atoms with Crippen LogP contribution in [0, 0.1) is 0 Å². The molecule has 0 aromatic carbocycles. The lowest BCUT2D eigenvalue weighted by Gasteiger charge is -2.18. The van der Waals surface area contributed by atoms with E-state index in [9.17, 15) is 14.4 Å². The highest BCUT2D eigenvalue weighted by molar-refractivity contribution is 5.71. The van der Waals surface area contributed by atoms with E-state index in [-0.39, 0.29) is 31.1 Å². The minimum atomic E-state index is -0.805. The number of esters is 3. The van der Waals surface area contributed by atoms with E-state index in [1.54, 1.807) is 0 Å². The van der Waals surface area contributed by atoms with Gasteiger partial charge in [-0.2, -0.15) is 0 Å². The lowest BCUT2D eigenvalue weighted by Crippen LogP contribution is -2.30. The van der Waals surface area contributed by atoms with Crippen LogP contribution in [0.4, 0.5) is 0 Å². The van der Waals surface area contributed by atoms with Gasteiger partial charge in [0.2, 0.25) is 0 Å². The van der Waals surface area contributed by atoms with Crippen LogP contribution in [0.15, 0.2) is 158 Å². The highest BCUT2D eigenvalue weighted by atomic mass is 16.6. The van der Waals surface area contributed by atoms with Gasteiger partial charge in [0.25, 0.3) is 0 Å². The molecule has 79 heavy (non-hydrogen) atoms. The summed E-state index contributed by atoms with van der Waals surface area (Å²) in [4.78, 5) is 38.3. The van der Waals surface area contributed by atoms with Crippen molar-refractivity contribution in [2.24, 2.45) is 0 Å². The molecule has 444 valence electrons. The minimum absolute atomic E-state index is 0.0998. The van der Waals surface area contributed by atoms with Crippen LogP contribution in [-0.2, 0) is 28.6 Å². The number of carbonyl (C=O) groups excluding carboxylic acids is 3. The molecule has 0 heterocycles. The number of hydrogen-bond acceptors (Lipinski definition) is 6. The van der Waals surface area contributed by atoms with Crippen molar-refractivity contribution in [3.63, 3.8) is 0 Å². The second-order valence-electron chi connectivity index (χ2n) is 20.5. The molecule has 0 aliphatic rings. The molecule has 6 heteroatoms. The first-order valence-corrected chi connectivity index (χ1v) is 32.0. The van der Waals surface area contributed by atoms with Gasteiger partial charge in [0.15, 0.2) is 6.10 Å². The highest BCUT2D eigenvalue weighted by Crippen LogP contribution is 2.15. The number of allylic oxidation sites excluding steroid dienone is 26. The summed E-state index contributed by atoms with van der Waals surface area (Å²) >= 11 is 0. The quantitative estimate of drug-likeness (QED) is 0.0261. The predicted molar refractivity (Wildman–Crippen MR) is 343 cm³/mol. The lowest BCUT2D eigenvalue weighted by atomic mass is 10.1. The molecular weight excluding hydrogens is 973 g/mol. The molecular formula is C73H116O6. The molecule has 0 spiro atoms. The zero-order chi connectivity index (χ0) is 57.1. The Morgan fingerprint density at radius 3 is 0.709 bits per heavy atom. The van der Waals surface area contributed by atoms with Gasteiger partial charge in [-0.05, 0) is 141 Å². The fourth-order valence-electron chi connectivity index (χ4n) is 8.33. The summed E-state index contributed by atoms with van der Waals surface area (Å²) in [5, 5.41) is 0. The van der Waals surface area contributed by atoms with Gasteiger partial charge < -0.3 is 14.2 Å². The molecule has 1 atom stereocenters. The van der Waals surface area contributed by atoms with Crippen LogP contribution in [0.3, 0.4) is 0 Å². The number of rotatable bonds is 56. The SMILES string of the molecule is CC/C=C\C/C=C\C/C=C\C/C=C\C/C=C\C/C=C\C/C=C\CCCCCCCCCCCC(=O)OCC(COC(=O)CCCCCCC/C=C\C/C=C\C/C=C\CC)OC(=O)CCCCCCC/C=C\C/C=C\C/C=C\CC. The normalized spacial score (nSPS) is 13.2. The van der Waals surface area contributed by atoms with Crippen molar-refractivity contribution >= 4 is 17.9 Å². The Hall–Kier alpha value is -4.97. The largest absolute Gasteiger partial charge is 0.462 e. The molecule has 0 bridgehead atoms. The summed E-state index contributed by atoms with van der Waals surface area (Å²) in [7, 11) is 0. The maximum atomic E-state index is 12.9. The zero-order valence-electron chi connectivity index (χ0n) is 50.8. The molecule has 0 N–H and O–H groups in total. The molecule has 0 aromatic rings. The van der Waals surface area contributed by atoms with E-state index >= 15 is 0 Å². The second kappa shape index (κ2) is 65.5. The van der Waals surface area contributed by atoms with Gasteiger partial charge in [-0.25, -0.2) is 0 Å². The maximum absolute atomic E-state index is 12.9. The average Bonchev–Trinajstić information content (AvgIpc) is 3.45. The van der Waals surface area contributed by atoms with E-state index in [0.717, 1.165) is 186 Å². The van der Waals surface area contributed by atoms with Crippen LogP contribution in [0.25, 0.3) is 0 Å². The molecule has 0 aliphatic heterocycles. The summed E-state index contributed by atoms with van der Waals surface area (Å²) in [6.45, 7) is 6.26. The van der Waals surface area contributed by atoms with E-state index in [1.165, 1.54) is 38.5 Å². The Morgan fingerprint density at radius 2 is 0.456 bits per heavy atom. The Morgan fingerprint density at radius 1 is 0.253 bits per heavy atom. The Labute approximate surface area is 486 Å². The minimum Gasteiger partial charge on any atom is -0.462 e. The molecule has 0 radical (unpaired) electrons. The summed E-state index contributed by atoms with van der Waals surface area (Å²) < 4.78 is 16.9. The monoisotopic (exact) mass is 1090 g/mol. The molecule has 0 aliphatic carbocycles. The number of unbranched alkanes of at least 4 members (excludes halogenated alkanes) is 19. The van der Waals surface area contributed by atoms with Gasteiger partial charge in [-0.1, -0.05) is 262 Å². The molecule has 0 saturated carbocycles. The van der Waals surface area contributed by atoms with Crippen molar-refractivity contribution in [2.75, 3.05) is 13.2 Å². The summed E-state index contributed by atoms with van der Waals surface area (Å²) in [6.07, 6.45) is 95.3. The number of ether oxygens (including phenoxy) is 3. The molecule has 6 nitrogen and oxygen atoms in total. The van der Waals surface area contributed by atoms with Crippen LogP contribution in [0.2, 0.25) is 0 Å². The van der Waals surface area contributed by atoms with Gasteiger partial charge in [-0.3, -0.25) is 14.4 Å². The molecule has 0 amide bonds. The third-order valence-electron chi connectivity index (χ3n) is 13.0. The van der Waals surface area contributed by atoms with Gasteiger partial charge >= 0.3 is 17.9 Å². The van der Waals surface area contributed by atoms with Crippen molar-refractivity contribution in [3.05, 3.63) is 158 Å². The first-order valence-electron chi connectivity index (χ1n) is 32.0. The van der Waals surface area contributed by atoms with Crippen molar-refractivity contribution in [1.29, 1.82) is 0 Å². The second-order valence-corrected chi connectivity index (χ2v) is 20.5. The Bertz CT molecular complexity index is 1780. The standard InChI is InChI=1S/C73H116O6/c1-4-7-10-13-16-19-22-25-28-29-30-31-32-33-34-35-36-37-38-39-40-41-42-43-46-48-51-54-57-60-63-66-72(75)78-69-70(79-73(76)67-64-61-58-55-52-49-45-27-24-21-18-15-12-9-6-3)68-77-71(74)65-62-59-56-53-50-47-44-26-23-20-17-14-11-8-5-2/h7-12,16-21,25-28,30-31,33-34,36-37,39-40,44-45,70H,4-6,13-15,22-24,29,32,35,38,41-43,46-69H2,1-3H3/b10-7-,11-8-,12-9-,19-16-,20-17-,21-18-,28-25-,31-30-,34-33-,37-36-,40-39-,44-26-,45-27-. The van der Waals surface area contributed by atoms with E-state index in [2.05, 4.69) is 179 Å². The first kappa shape index (κ1) is 74.0. The maximum Gasteiger partial charge on any atom is 0.306 e. The van der Waals surface area contributed by atoms with E-state index in [0.29, 0.717) is 19.3 Å². The predicted octanol–water partition coefficient (Wildman–Crippen LogP) is 22.1. The van der Waals surface area contributed by atoms with Crippen molar-refractivity contribution in [2.45, 2.75) is 271 Å². The summed E-state index contributed by atoms with van der Waals surface area (Å²) in [5.41, 5.74) is 0. The average molecular weight is 1090 g/mol. The highest BCUT2D eigenvalue weighted by Gasteiger charge is 2.19. The lowest BCUT2D eigenvalue weighted by molar-refractivity contribution is -0.167.